The molecule has 2 atom stereocenters. The number of likely N-dealkylation sites (tertiary alicyclic amines) is 1. The monoisotopic (exact) mass is 264 g/mol. The third kappa shape index (κ3) is 3.10. The lowest BCUT2D eigenvalue weighted by Gasteiger charge is -2.14. The Labute approximate surface area is 110 Å². The van der Waals surface area contributed by atoms with Crippen molar-refractivity contribution in [3.8, 4) is 0 Å². The second-order valence-electron chi connectivity index (χ2n) is 4.66. The number of hydrogen-bond donors (Lipinski definition) is 3. The van der Waals surface area contributed by atoms with E-state index in [0.717, 1.165) is 10.5 Å². The second kappa shape index (κ2) is 5.38. The van der Waals surface area contributed by atoms with Crippen LogP contribution >= 0.6 is 0 Å². The van der Waals surface area contributed by atoms with Crippen molar-refractivity contribution in [2.24, 2.45) is 0 Å². The van der Waals surface area contributed by atoms with Crippen molar-refractivity contribution in [2.45, 2.75) is 19.1 Å². The first-order chi connectivity index (χ1) is 8.97. The second-order valence-corrected chi connectivity index (χ2v) is 4.66. The minimum atomic E-state index is -0.990. The Hall–Kier alpha value is -1.92. The highest BCUT2D eigenvalue weighted by Crippen LogP contribution is 2.12. The lowest BCUT2D eigenvalue weighted by atomic mass is 10.2. The number of carbonyl (C=O) groups excluding carboxylic acids is 2. The van der Waals surface area contributed by atoms with Crippen molar-refractivity contribution in [2.75, 3.05) is 18.4 Å². The number of aliphatic hydroxyl groups excluding tert-OH is 2. The molecular formula is C13H16N2O4. The maximum atomic E-state index is 11.8. The van der Waals surface area contributed by atoms with Gasteiger partial charge in [-0.15, -0.1) is 0 Å². The Kier molecular flexibility index (Phi) is 3.82. The molecule has 2 unspecified atom stereocenters. The third-order valence-electron chi connectivity index (χ3n) is 3.05. The van der Waals surface area contributed by atoms with E-state index in [9.17, 15) is 19.8 Å². The molecule has 19 heavy (non-hydrogen) atoms. The van der Waals surface area contributed by atoms with E-state index in [1.807, 2.05) is 19.1 Å². The van der Waals surface area contributed by atoms with Crippen molar-refractivity contribution in [3.63, 3.8) is 0 Å². The van der Waals surface area contributed by atoms with E-state index in [2.05, 4.69) is 5.32 Å². The average molecular weight is 264 g/mol. The molecule has 0 spiro atoms. The van der Waals surface area contributed by atoms with Gasteiger partial charge in [0.05, 0.1) is 12.2 Å². The molecule has 0 saturated carbocycles. The van der Waals surface area contributed by atoms with Gasteiger partial charge in [-0.05, 0) is 19.1 Å². The first kappa shape index (κ1) is 13.5. The lowest BCUT2D eigenvalue weighted by Crippen LogP contribution is -2.38. The number of nitrogens with zero attached hydrogens (tertiary/aromatic N) is 1. The summed E-state index contributed by atoms with van der Waals surface area (Å²) >= 11 is 0. The minimum Gasteiger partial charge on any atom is -0.388 e. The molecule has 0 bridgehead atoms. The van der Waals surface area contributed by atoms with Gasteiger partial charge in [0.25, 0.3) is 0 Å². The number of β-amino-alcohol motifs (C(OH)–C–C–N with tert-alkyl or cyclic N) is 2. The smallest absolute Gasteiger partial charge is 0.313 e. The molecule has 1 fully saturated rings. The van der Waals surface area contributed by atoms with Crippen LogP contribution in [0.1, 0.15) is 5.56 Å². The molecule has 1 aromatic carbocycles. The Morgan fingerprint density at radius 3 is 2.21 bits per heavy atom. The summed E-state index contributed by atoms with van der Waals surface area (Å²) in [7, 11) is 0. The zero-order chi connectivity index (χ0) is 14.0. The molecule has 0 radical (unpaired) electrons. The van der Waals surface area contributed by atoms with Gasteiger partial charge in [0.15, 0.2) is 0 Å². The predicted molar refractivity (Wildman–Crippen MR) is 68.4 cm³/mol. The topological polar surface area (TPSA) is 89.9 Å². The fourth-order valence-electron chi connectivity index (χ4n) is 1.90. The summed E-state index contributed by atoms with van der Waals surface area (Å²) in [6.45, 7) is 1.87. The van der Waals surface area contributed by atoms with Crippen LogP contribution in [0.4, 0.5) is 5.69 Å². The first-order valence-electron chi connectivity index (χ1n) is 6.00. The van der Waals surface area contributed by atoms with Gasteiger partial charge in [0, 0.05) is 18.8 Å². The van der Waals surface area contributed by atoms with Crippen LogP contribution in [-0.2, 0) is 9.59 Å². The summed E-state index contributed by atoms with van der Waals surface area (Å²) in [5.41, 5.74) is 1.58. The third-order valence-corrected chi connectivity index (χ3v) is 3.05. The minimum absolute atomic E-state index is 0.0265. The van der Waals surface area contributed by atoms with Gasteiger partial charge < -0.3 is 20.4 Å². The Bertz CT molecular complexity index is 476. The van der Waals surface area contributed by atoms with Crippen LogP contribution in [0.2, 0.25) is 0 Å². The van der Waals surface area contributed by atoms with Gasteiger partial charge in [-0.3, -0.25) is 9.59 Å². The van der Waals surface area contributed by atoms with Gasteiger partial charge in [-0.25, -0.2) is 0 Å². The number of aliphatic hydroxyl groups is 2. The van der Waals surface area contributed by atoms with Crippen LogP contribution in [-0.4, -0.2) is 52.2 Å². The molecule has 1 aliphatic rings. The molecule has 102 valence electrons. The highest BCUT2D eigenvalue weighted by atomic mass is 16.3. The standard InChI is InChI=1S/C13H16N2O4/c1-8-2-4-9(5-3-8)14-12(18)13(19)15-6-10(16)11(17)7-15/h2-5,10-11,16-17H,6-7H2,1H3,(H,14,18). The first-order valence-corrected chi connectivity index (χ1v) is 6.00. The van der Waals surface area contributed by atoms with E-state index in [1.165, 1.54) is 0 Å². The largest absolute Gasteiger partial charge is 0.388 e. The molecule has 6 heteroatoms. The maximum absolute atomic E-state index is 11.8. The number of anilines is 1. The molecule has 3 N–H and O–H groups in total. The number of rotatable bonds is 1. The van der Waals surface area contributed by atoms with Gasteiger partial charge in [0.2, 0.25) is 0 Å². The zero-order valence-electron chi connectivity index (χ0n) is 10.5. The number of amides is 2. The molecule has 1 aromatic rings. The number of benzene rings is 1. The van der Waals surface area contributed by atoms with Crippen molar-refractivity contribution >= 4 is 17.5 Å². The van der Waals surface area contributed by atoms with E-state index in [1.54, 1.807) is 12.1 Å². The van der Waals surface area contributed by atoms with E-state index in [0.29, 0.717) is 5.69 Å². The van der Waals surface area contributed by atoms with Gasteiger partial charge in [-0.2, -0.15) is 0 Å². The van der Waals surface area contributed by atoms with E-state index < -0.39 is 24.0 Å². The summed E-state index contributed by atoms with van der Waals surface area (Å²) in [6.07, 6.45) is -1.98. The van der Waals surface area contributed by atoms with Crippen LogP contribution in [0, 0.1) is 6.92 Å². The SMILES string of the molecule is Cc1ccc(NC(=O)C(=O)N2CC(O)C(O)C2)cc1. The molecule has 6 nitrogen and oxygen atoms in total. The maximum Gasteiger partial charge on any atom is 0.313 e. The predicted octanol–water partition coefficient (Wildman–Crippen LogP) is -0.502. The Morgan fingerprint density at radius 1 is 1.16 bits per heavy atom. The fourth-order valence-corrected chi connectivity index (χ4v) is 1.90. The highest BCUT2D eigenvalue weighted by molar-refractivity contribution is 6.39. The summed E-state index contributed by atoms with van der Waals surface area (Å²) in [5, 5.41) is 21.2. The number of hydrogen-bond acceptors (Lipinski definition) is 4. The van der Waals surface area contributed by atoms with E-state index in [4.69, 9.17) is 0 Å². The zero-order valence-corrected chi connectivity index (χ0v) is 10.5. The van der Waals surface area contributed by atoms with Gasteiger partial charge >= 0.3 is 11.8 Å². The molecule has 1 aliphatic heterocycles. The van der Waals surface area contributed by atoms with Crippen molar-refractivity contribution in [1.29, 1.82) is 0 Å². The normalized spacial score (nSPS) is 22.4. The van der Waals surface area contributed by atoms with Crippen LogP contribution in [0.15, 0.2) is 24.3 Å². The van der Waals surface area contributed by atoms with Crippen molar-refractivity contribution in [3.05, 3.63) is 29.8 Å². The Balaban J connectivity index is 1.96. The Morgan fingerprint density at radius 2 is 1.68 bits per heavy atom. The van der Waals surface area contributed by atoms with Gasteiger partial charge in [-0.1, -0.05) is 17.7 Å². The molecule has 2 amide bonds. The fraction of sp³-hybridized carbons (Fsp3) is 0.385. The van der Waals surface area contributed by atoms with E-state index in [-0.39, 0.29) is 13.1 Å². The molecule has 1 saturated heterocycles. The van der Waals surface area contributed by atoms with Crippen LogP contribution in [0.3, 0.4) is 0 Å². The number of nitrogens with one attached hydrogen (secondary N) is 1. The molecule has 0 aromatic heterocycles. The highest BCUT2D eigenvalue weighted by Gasteiger charge is 2.35. The summed E-state index contributed by atoms with van der Waals surface area (Å²) in [4.78, 5) is 24.7. The van der Waals surface area contributed by atoms with Crippen molar-refractivity contribution in [1.82, 2.24) is 4.90 Å². The lowest BCUT2D eigenvalue weighted by molar-refractivity contribution is -0.142. The van der Waals surface area contributed by atoms with Crippen LogP contribution < -0.4 is 5.32 Å². The van der Waals surface area contributed by atoms with Gasteiger partial charge in [0.1, 0.15) is 0 Å². The molecule has 0 aliphatic carbocycles. The summed E-state index contributed by atoms with van der Waals surface area (Å²) in [6, 6.07) is 7.05. The van der Waals surface area contributed by atoms with Crippen LogP contribution in [0.25, 0.3) is 0 Å². The average Bonchev–Trinajstić information content (AvgIpc) is 2.71. The van der Waals surface area contributed by atoms with E-state index >= 15 is 0 Å². The summed E-state index contributed by atoms with van der Waals surface area (Å²) in [5.74, 6) is -1.53. The number of carbonyl (C=O) groups is 2. The summed E-state index contributed by atoms with van der Waals surface area (Å²) < 4.78 is 0. The molecule has 1 heterocycles. The molecule has 2 rings (SSSR count). The molecular weight excluding hydrogens is 248 g/mol. The number of aryl methyl sites for hydroxylation is 1. The van der Waals surface area contributed by atoms with Crippen molar-refractivity contribution < 1.29 is 19.8 Å². The quantitative estimate of drug-likeness (QED) is 0.596. The van der Waals surface area contributed by atoms with Crippen LogP contribution in [0.5, 0.6) is 0 Å².